The summed E-state index contributed by atoms with van der Waals surface area (Å²) in [4.78, 5) is 4.89. The first-order valence-corrected chi connectivity index (χ1v) is 28.7. The van der Waals surface area contributed by atoms with Crippen LogP contribution in [0.2, 0.25) is 0 Å². The maximum absolute atomic E-state index is 2.44. The van der Waals surface area contributed by atoms with E-state index in [0.717, 1.165) is 22.7 Å². The van der Waals surface area contributed by atoms with Crippen LogP contribution >= 0.6 is 0 Å². The third kappa shape index (κ3) is 8.16. The number of hydrogen-bond donors (Lipinski definition) is 0. The Balaban J connectivity index is 0.673. The second-order valence-corrected chi connectivity index (χ2v) is 23.3. The first-order valence-electron chi connectivity index (χ1n) is 28.7. The molecule has 0 heterocycles. The fraction of sp³-hybridized carbons (Fsp3) is 0.0750. The Morgan fingerprint density at radius 2 is 0.549 bits per heavy atom. The maximum Gasteiger partial charge on any atom is 0.0546 e. The zero-order valence-corrected chi connectivity index (χ0v) is 46.6. The Labute approximate surface area is 480 Å². The Morgan fingerprint density at radius 3 is 0.951 bits per heavy atom. The van der Waals surface area contributed by atoms with Gasteiger partial charge in [-0.2, -0.15) is 0 Å². The van der Waals surface area contributed by atoms with Crippen molar-refractivity contribution in [3.8, 4) is 22.3 Å². The van der Waals surface area contributed by atoms with Crippen LogP contribution in [0.1, 0.15) is 72.2 Å². The van der Waals surface area contributed by atoms with E-state index in [9.17, 15) is 0 Å². The maximum atomic E-state index is 2.44. The van der Waals surface area contributed by atoms with Crippen molar-refractivity contribution in [2.75, 3.05) is 9.80 Å². The van der Waals surface area contributed by atoms with Crippen molar-refractivity contribution in [3.63, 3.8) is 0 Å². The highest BCUT2D eigenvalue weighted by atomic mass is 15.1. The number of hydrogen-bond acceptors (Lipinski definition) is 2. The van der Waals surface area contributed by atoms with Crippen LogP contribution in [0.5, 0.6) is 0 Å². The molecular weight excluding hydrogens is 989 g/mol. The van der Waals surface area contributed by atoms with Gasteiger partial charge in [-0.3, -0.25) is 0 Å². The van der Waals surface area contributed by atoms with E-state index >= 15 is 0 Å². The molecule has 0 unspecified atom stereocenters. The number of rotatable bonds is 10. The molecule has 15 rings (SSSR count). The quantitative estimate of drug-likeness (QED) is 0.0995. The molecule has 0 atom stereocenters. The summed E-state index contributed by atoms with van der Waals surface area (Å²) < 4.78 is 0. The van der Waals surface area contributed by atoms with Crippen LogP contribution in [-0.4, -0.2) is 0 Å². The van der Waals surface area contributed by atoms with Gasteiger partial charge in [-0.25, -0.2) is 0 Å². The number of benzene rings is 13. The highest BCUT2D eigenvalue weighted by Gasteiger charge is 2.38. The monoisotopic (exact) mass is 1050 g/mol. The fourth-order valence-corrected chi connectivity index (χ4v) is 13.5. The topological polar surface area (TPSA) is 6.48 Å². The first kappa shape index (κ1) is 49.1. The van der Waals surface area contributed by atoms with Gasteiger partial charge in [-0.15, -0.1) is 0 Å². The molecule has 13 aromatic carbocycles. The third-order valence-electron chi connectivity index (χ3n) is 17.8. The molecule has 13 aromatic rings. The van der Waals surface area contributed by atoms with Gasteiger partial charge in [0.15, 0.2) is 0 Å². The Bertz CT molecular complexity index is 4430. The average molecular weight is 1050 g/mol. The molecule has 2 heteroatoms. The van der Waals surface area contributed by atoms with Crippen LogP contribution in [0.3, 0.4) is 0 Å². The standard InChI is InChI=1S/C80H60N2/c1-79(2)73-47-55(39-43-67(73)69-45-41-61(51-75(69)79)81(59-21-7-5-8-22-59)77-49-57-19-11-13-25-63(57)65-27-15-17-29-71(65)77)37-35-53-31-33-54(34-32-53)36-38-56-40-44-68-70-46-42-62(52-76(70)80(3,4)74(68)48-56)82(60-23-9-6-10-24-60)78-50-58-20-12-14-26-64(58)66-28-16-18-30-72(66)78/h5-52H,1-4H3/b37-35+,38-36+. The van der Waals surface area contributed by atoms with E-state index in [0.29, 0.717) is 0 Å². The predicted molar refractivity (Wildman–Crippen MR) is 352 cm³/mol. The Kier molecular flexibility index (Phi) is 11.6. The Morgan fingerprint density at radius 1 is 0.244 bits per heavy atom. The molecule has 0 aliphatic heterocycles. The average Bonchev–Trinajstić information content (AvgIpc) is 2.47. The summed E-state index contributed by atoms with van der Waals surface area (Å²) in [6, 6.07) is 98.5. The van der Waals surface area contributed by atoms with Crippen molar-refractivity contribution in [2.45, 2.75) is 38.5 Å². The van der Waals surface area contributed by atoms with Gasteiger partial charge in [0, 0.05) is 44.4 Å². The molecule has 0 spiro atoms. The van der Waals surface area contributed by atoms with E-state index in [1.807, 2.05) is 0 Å². The molecule has 0 amide bonds. The zero-order valence-electron chi connectivity index (χ0n) is 46.6. The van der Waals surface area contributed by atoms with Crippen molar-refractivity contribution < 1.29 is 0 Å². The van der Waals surface area contributed by atoms with Gasteiger partial charge in [0.25, 0.3) is 0 Å². The predicted octanol–water partition coefficient (Wildman–Crippen LogP) is 22.2. The van der Waals surface area contributed by atoms with Gasteiger partial charge in [0.1, 0.15) is 0 Å². The fourth-order valence-electron chi connectivity index (χ4n) is 13.5. The molecule has 2 aliphatic carbocycles. The summed E-state index contributed by atoms with van der Waals surface area (Å²) in [5.74, 6) is 0. The summed E-state index contributed by atoms with van der Waals surface area (Å²) in [6.45, 7) is 9.53. The summed E-state index contributed by atoms with van der Waals surface area (Å²) in [7, 11) is 0. The van der Waals surface area contributed by atoms with Crippen LogP contribution in [0, 0.1) is 0 Å². The molecule has 2 aliphatic rings. The molecule has 0 aromatic heterocycles. The number of nitrogens with zero attached hydrogens (tertiary/aromatic N) is 2. The molecule has 82 heavy (non-hydrogen) atoms. The largest absolute Gasteiger partial charge is 0.310 e. The summed E-state index contributed by atoms with van der Waals surface area (Å²) in [6.07, 6.45) is 9.00. The zero-order chi connectivity index (χ0) is 55.1. The number of anilines is 6. The molecule has 0 N–H and O–H groups in total. The summed E-state index contributed by atoms with van der Waals surface area (Å²) >= 11 is 0. The summed E-state index contributed by atoms with van der Waals surface area (Å²) in [5, 5.41) is 9.99. The van der Waals surface area contributed by atoms with E-state index in [-0.39, 0.29) is 10.8 Å². The molecule has 390 valence electrons. The molecule has 0 saturated heterocycles. The van der Waals surface area contributed by atoms with Crippen LogP contribution in [0.25, 0.3) is 89.6 Å². The third-order valence-corrected chi connectivity index (χ3v) is 17.8. The van der Waals surface area contributed by atoms with Crippen LogP contribution in [-0.2, 0) is 10.8 Å². The second-order valence-electron chi connectivity index (χ2n) is 23.3. The van der Waals surface area contributed by atoms with Crippen molar-refractivity contribution in [1.29, 1.82) is 0 Å². The minimum Gasteiger partial charge on any atom is -0.310 e. The molecule has 0 radical (unpaired) electrons. The second kappa shape index (κ2) is 19.4. The SMILES string of the molecule is CC1(C)c2cc(/C=C/c3ccc(/C=C/c4ccc5c(c4)C(C)(C)c4cc(N(c6ccccc6)c6cc7ccccc7c7ccccc67)ccc4-5)cc3)ccc2-c2ccc(N(c3ccccc3)c3cc4ccccc4c4ccccc34)cc21. The van der Waals surface area contributed by atoms with E-state index in [2.05, 4.69) is 329 Å². The van der Waals surface area contributed by atoms with Crippen LogP contribution in [0.4, 0.5) is 34.1 Å². The smallest absolute Gasteiger partial charge is 0.0546 e. The minimum absolute atomic E-state index is 0.201. The minimum atomic E-state index is -0.201. The normalized spacial score (nSPS) is 13.7. The molecule has 0 fully saturated rings. The van der Waals surface area contributed by atoms with Gasteiger partial charge in [0.2, 0.25) is 0 Å². The van der Waals surface area contributed by atoms with E-state index in [1.165, 1.54) is 121 Å². The van der Waals surface area contributed by atoms with Crippen molar-refractivity contribution >= 4 is 102 Å². The van der Waals surface area contributed by atoms with Gasteiger partial charge >= 0.3 is 0 Å². The lowest BCUT2D eigenvalue weighted by atomic mass is 9.81. The number of para-hydroxylation sites is 2. The van der Waals surface area contributed by atoms with Crippen molar-refractivity contribution in [2.24, 2.45) is 0 Å². The molecule has 0 bridgehead atoms. The van der Waals surface area contributed by atoms with E-state index < -0.39 is 0 Å². The molecule has 2 nitrogen and oxygen atoms in total. The lowest BCUT2D eigenvalue weighted by Gasteiger charge is -2.29. The lowest BCUT2D eigenvalue weighted by molar-refractivity contribution is 0.660. The van der Waals surface area contributed by atoms with Crippen molar-refractivity contribution in [1.82, 2.24) is 0 Å². The summed E-state index contributed by atoms with van der Waals surface area (Å²) in [5.41, 5.74) is 21.9. The van der Waals surface area contributed by atoms with E-state index in [1.54, 1.807) is 0 Å². The van der Waals surface area contributed by atoms with Crippen LogP contribution < -0.4 is 9.80 Å². The van der Waals surface area contributed by atoms with E-state index in [4.69, 9.17) is 0 Å². The van der Waals surface area contributed by atoms with Gasteiger partial charge < -0.3 is 9.80 Å². The lowest BCUT2D eigenvalue weighted by Crippen LogP contribution is -2.17. The van der Waals surface area contributed by atoms with Crippen molar-refractivity contribution in [3.05, 3.63) is 311 Å². The van der Waals surface area contributed by atoms with Gasteiger partial charge in [0.05, 0.1) is 11.4 Å². The highest BCUT2D eigenvalue weighted by Crippen LogP contribution is 2.54. The van der Waals surface area contributed by atoms with Gasteiger partial charge in [-0.1, -0.05) is 258 Å². The number of fused-ring (bicyclic) bond motifs is 12. The first-order chi connectivity index (χ1) is 40.2. The van der Waals surface area contributed by atoms with Gasteiger partial charge in [-0.05, 0) is 160 Å². The molecular formula is C80H60N2. The van der Waals surface area contributed by atoms with Crippen LogP contribution in [0.15, 0.2) is 267 Å². The molecule has 0 saturated carbocycles. The Hall–Kier alpha value is -10.0. The highest BCUT2D eigenvalue weighted by molar-refractivity contribution is 6.16.